The molecule has 0 saturated carbocycles. The lowest BCUT2D eigenvalue weighted by atomic mass is 10.1. The van der Waals surface area contributed by atoms with E-state index in [2.05, 4.69) is 10.1 Å². The van der Waals surface area contributed by atoms with E-state index in [-0.39, 0.29) is 11.6 Å². The summed E-state index contributed by atoms with van der Waals surface area (Å²) < 4.78 is 5.19. The number of aromatic nitrogens is 2. The molecule has 3 aromatic rings. The highest BCUT2D eigenvalue weighted by molar-refractivity contribution is 5.61. The van der Waals surface area contributed by atoms with Crippen molar-refractivity contribution in [2.45, 2.75) is 6.92 Å². The van der Waals surface area contributed by atoms with Gasteiger partial charge >= 0.3 is 0 Å². The molecular weight excluding hydrogens is 270 g/mol. The van der Waals surface area contributed by atoms with Gasteiger partial charge in [-0.3, -0.25) is 10.1 Å². The molecular formula is C15H11N3O3. The number of non-ortho nitro benzene ring substituents is 1. The number of nitrogens with zero attached hydrogens (tertiary/aromatic N) is 3. The minimum atomic E-state index is -0.458. The van der Waals surface area contributed by atoms with E-state index >= 15 is 0 Å². The monoisotopic (exact) mass is 281 g/mol. The molecule has 0 atom stereocenters. The topological polar surface area (TPSA) is 82.1 Å². The van der Waals surface area contributed by atoms with E-state index in [4.69, 9.17) is 4.52 Å². The van der Waals surface area contributed by atoms with Gasteiger partial charge in [0.2, 0.25) is 5.82 Å². The summed E-state index contributed by atoms with van der Waals surface area (Å²) in [5.74, 6) is 0.714. The Hall–Kier alpha value is -3.02. The normalized spacial score (nSPS) is 10.5. The first kappa shape index (κ1) is 13.0. The lowest BCUT2D eigenvalue weighted by Gasteiger charge is -1.95. The Labute approximate surface area is 120 Å². The van der Waals surface area contributed by atoms with Crippen LogP contribution in [0, 0.1) is 17.0 Å². The molecule has 0 aliphatic carbocycles. The van der Waals surface area contributed by atoms with E-state index in [1.54, 1.807) is 12.1 Å². The first-order chi connectivity index (χ1) is 10.1. The maximum atomic E-state index is 10.8. The average molecular weight is 281 g/mol. The molecule has 0 spiro atoms. The summed E-state index contributed by atoms with van der Waals surface area (Å²) in [6.45, 7) is 1.99. The number of aryl methyl sites for hydroxylation is 1. The second-order valence-electron chi connectivity index (χ2n) is 4.60. The lowest BCUT2D eigenvalue weighted by Crippen LogP contribution is -1.88. The van der Waals surface area contributed by atoms with E-state index in [9.17, 15) is 10.1 Å². The van der Waals surface area contributed by atoms with Crippen LogP contribution >= 0.6 is 0 Å². The molecule has 0 fully saturated rings. The van der Waals surface area contributed by atoms with Crippen molar-refractivity contribution in [2.24, 2.45) is 0 Å². The van der Waals surface area contributed by atoms with Crippen LogP contribution in [0.25, 0.3) is 22.8 Å². The molecule has 21 heavy (non-hydrogen) atoms. The fourth-order valence-corrected chi connectivity index (χ4v) is 1.91. The van der Waals surface area contributed by atoms with Crippen LogP contribution in [-0.4, -0.2) is 15.1 Å². The molecule has 6 nitrogen and oxygen atoms in total. The Kier molecular flexibility index (Phi) is 3.19. The van der Waals surface area contributed by atoms with Gasteiger partial charge in [0.05, 0.1) is 4.92 Å². The van der Waals surface area contributed by atoms with E-state index in [1.165, 1.54) is 12.1 Å². The quantitative estimate of drug-likeness (QED) is 0.541. The molecule has 104 valence electrons. The van der Waals surface area contributed by atoms with Gasteiger partial charge in [0.1, 0.15) is 0 Å². The Bertz CT molecular complexity index is 794. The highest BCUT2D eigenvalue weighted by Gasteiger charge is 2.13. The third kappa shape index (κ3) is 2.64. The molecule has 2 aromatic carbocycles. The van der Waals surface area contributed by atoms with Gasteiger partial charge in [0, 0.05) is 23.3 Å². The van der Waals surface area contributed by atoms with Gasteiger partial charge in [-0.05, 0) is 13.0 Å². The molecule has 0 N–H and O–H groups in total. The fourth-order valence-electron chi connectivity index (χ4n) is 1.91. The molecule has 0 unspecified atom stereocenters. The number of nitro benzene ring substituents is 1. The zero-order valence-corrected chi connectivity index (χ0v) is 11.2. The predicted octanol–water partition coefficient (Wildman–Crippen LogP) is 3.62. The first-order valence-corrected chi connectivity index (χ1v) is 6.29. The summed E-state index contributed by atoms with van der Waals surface area (Å²) in [5, 5.41) is 14.7. The molecule has 0 aliphatic rings. The van der Waals surface area contributed by atoms with Crippen molar-refractivity contribution in [3.8, 4) is 22.8 Å². The molecule has 0 aliphatic heterocycles. The van der Waals surface area contributed by atoms with Crippen molar-refractivity contribution >= 4 is 5.69 Å². The summed E-state index contributed by atoms with van der Waals surface area (Å²) in [7, 11) is 0. The summed E-state index contributed by atoms with van der Waals surface area (Å²) in [6.07, 6.45) is 0. The average Bonchev–Trinajstić information content (AvgIpc) is 2.98. The molecule has 1 heterocycles. The SMILES string of the molecule is Cc1ccc(-c2noc(-c3cccc([N+](=O)[O-])c3)n2)cc1. The summed E-state index contributed by atoms with van der Waals surface area (Å²) >= 11 is 0. The van der Waals surface area contributed by atoms with Crippen LogP contribution in [0.3, 0.4) is 0 Å². The smallest absolute Gasteiger partial charge is 0.270 e. The van der Waals surface area contributed by atoms with Crippen molar-refractivity contribution in [3.05, 3.63) is 64.2 Å². The Morgan fingerprint density at radius 2 is 1.86 bits per heavy atom. The number of rotatable bonds is 3. The van der Waals surface area contributed by atoms with Crippen molar-refractivity contribution < 1.29 is 9.45 Å². The maximum absolute atomic E-state index is 10.8. The van der Waals surface area contributed by atoms with E-state index in [0.717, 1.165) is 11.1 Å². The van der Waals surface area contributed by atoms with Gasteiger partial charge in [0.15, 0.2) is 0 Å². The number of benzene rings is 2. The van der Waals surface area contributed by atoms with Crippen LogP contribution in [0.1, 0.15) is 5.56 Å². The second-order valence-corrected chi connectivity index (χ2v) is 4.60. The molecule has 3 rings (SSSR count). The maximum Gasteiger partial charge on any atom is 0.270 e. The van der Waals surface area contributed by atoms with Crippen molar-refractivity contribution in [1.82, 2.24) is 10.1 Å². The van der Waals surface area contributed by atoms with Crippen LogP contribution in [-0.2, 0) is 0 Å². The van der Waals surface area contributed by atoms with Gasteiger partial charge < -0.3 is 4.52 Å². The third-order valence-corrected chi connectivity index (χ3v) is 3.04. The number of hydrogen-bond donors (Lipinski definition) is 0. The van der Waals surface area contributed by atoms with Crippen LogP contribution in [0.4, 0.5) is 5.69 Å². The van der Waals surface area contributed by atoms with E-state index < -0.39 is 4.92 Å². The standard InChI is InChI=1S/C15H11N3O3/c1-10-5-7-11(8-6-10)14-16-15(21-17-14)12-3-2-4-13(9-12)18(19)20/h2-9H,1H3. The Morgan fingerprint density at radius 3 is 2.57 bits per heavy atom. The summed E-state index contributed by atoms with van der Waals surface area (Å²) in [5.41, 5.74) is 2.49. The van der Waals surface area contributed by atoms with Crippen LogP contribution < -0.4 is 0 Å². The minimum Gasteiger partial charge on any atom is -0.334 e. The minimum absolute atomic E-state index is 0.0115. The molecule has 0 radical (unpaired) electrons. The van der Waals surface area contributed by atoms with Crippen molar-refractivity contribution in [1.29, 1.82) is 0 Å². The van der Waals surface area contributed by atoms with Crippen LogP contribution in [0.15, 0.2) is 53.1 Å². The van der Waals surface area contributed by atoms with Crippen molar-refractivity contribution in [3.63, 3.8) is 0 Å². The Balaban J connectivity index is 1.96. The largest absolute Gasteiger partial charge is 0.334 e. The second kappa shape index (κ2) is 5.16. The number of nitro groups is 1. The molecule has 1 aromatic heterocycles. The van der Waals surface area contributed by atoms with E-state index in [1.807, 2.05) is 31.2 Å². The molecule has 0 bridgehead atoms. The van der Waals surface area contributed by atoms with Gasteiger partial charge in [0.25, 0.3) is 11.6 Å². The van der Waals surface area contributed by atoms with Crippen LogP contribution in [0.2, 0.25) is 0 Å². The zero-order chi connectivity index (χ0) is 14.8. The van der Waals surface area contributed by atoms with Gasteiger partial charge in [-0.1, -0.05) is 41.1 Å². The Morgan fingerprint density at radius 1 is 1.10 bits per heavy atom. The van der Waals surface area contributed by atoms with Gasteiger partial charge in [-0.25, -0.2) is 0 Å². The lowest BCUT2D eigenvalue weighted by molar-refractivity contribution is -0.384. The van der Waals surface area contributed by atoms with Crippen molar-refractivity contribution in [2.75, 3.05) is 0 Å². The van der Waals surface area contributed by atoms with Crippen LogP contribution in [0.5, 0.6) is 0 Å². The highest BCUT2D eigenvalue weighted by Crippen LogP contribution is 2.25. The first-order valence-electron chi connectivity index (χ1n) is 6.29. The zero-order valence-electron chi connectivity index (χ0n) is 11.2. The molecule has 0 amide bonds. The third-order valence-electron chi connectivity index (χ3n) is 3.04. The number of hydrogen-bond acceptors (Lipinski definition) is 5. The predicted molar refractivity (Wildman–Crippen MR) is 76.6 cm³/mol. The fraction of sp³-hybridized carbons (Fsp3) is 0.0667. The van der Waals surface area contributed by atoms with Gasteiger partial charge in [-0.2, -0.15) is 4.98 Å². The van der Waals surface area contributed by atoms with E-state index in [0.29, 0.717) is 11.4 Å². The highest BCUT2D eigenvalue weighted by atomic mass is 16.6. The summed E-state index contributed by atoms with van der Waals surface area (Å²) in [4.78, 5) is 14.6. The van der Waals surface area contributed by atoms with Gasteiger partial charge in [-0.15, -0.1) is 0 Å². The summed E-state index contributed by atoms with van der Waals surface area (Å²) in [6, 6.07) is 13.8. The molecule has 6 heteroatoms. The molecule has 0 saturated heterocycles.